The van der Waals surface area contributed by atoms with Gasteiger partial charge in [-0.1, -0.05) is 41.9 Å². The number of hydrogen-bond donors (Lipinski definition) is 5. The van der Waals surface area contributed by atoms with E-state index in [0.717, 1.165) is 76.5 Å². The third kappa shape index (κ3) is 14.4. The van der Waals surface area contributed by atoms with Crippen LogP contribution in [0.5, 0.6) is 17.2 Å². The van der Waals surface area contributed by atoms with E-state index in [0.29, 0.717) is 120 Å². The number of imide groups is 1. The van der Waals surface area contributed by atoms with E-state index in [9.17, 15) is 42.5 Å². The monoisotopic (exact) mass is 1280 g/mol. The molecule has 1 atom stereocenters. The summed E-state index contributed by atoms with van der Waals surface area (Å²) in [6.07, 6.45) is 7.85. The molecule has 1 unspecified atom stereocenters. The van der Waals surface area contributed by atoms with Crippen molar-refractivity contribution in [3.8, 4) is 28.4 Å². The number of rotatable bonds is 22. The number of carbonyl (C=O) groups excluding carboxylic acids is 5. The molecule has 0 bridgehead atoms. The number of piperidine rings is 2. The average Bonchev–Trinajstić information content (AvgIpc) is 1.86. The Morgan fingerprint density at radius 1 is 0.813 bits per heavy atom. The van der Waals surface area contributed by atoms with E-state index in [1.165, 1.54) is 29.3 Å². The number of nitro benzene ring substituents is 1. The fraction of sp³-hybridized carbons (Fsp3) is 0.364. The third-order valence-electron chi connectivity index (χ3n) is 17.8. The molecule has 5 aliphatic rings. The zero-order chi connectivity index (χ0) is 63.2. The highest BCUT2D eigenvalue weighted by molar-refractivity contribution is 7.90. The molecule has 4 fully saturated rings. The highest BCUT2D eigenvalue weighted by Crippen LogP contribution is 2.38. The predicted molar refractivity (Wildman–Crippen MR) is 342 cm³/mol. The van der Waals surface area contributed by atoms with Crippen LogP contribution >= 0.6 is 11.6 Å². The third-order valence-corrected chi connectivity index (χ3v) is 19.3. The minimum atomic E-state index is -4.63. The molecule has 0 saturated carbocycles. The zero-order valence-electron chi connectivity index (χ0n) is 50.0. The van der Waals surface area contributed by atoms with Gasteiger partial charge in [-0.05, 0) is 128 Å². The first kappa shape index (κ1) is 62.1. The standard InChI is InChI=1S/C66H70ClN11O12S/c67-46-11-9-44(10-12-46)50-4-2-7-59(89-41-43-20-26-76(27-21-43)62(80)8-3-24-68-55-6-1-5-51-53(55)40-77(66(51)83)57-17-18-61(79)72-65(57)82)54(50)39-74-28-30-75(31-29-74)47-13-15-52(60(35-47)90-48-34-45-19-25-69-63(45)71-38-48)64(81)73-91(86,87)49-14-16-56(58(36-49)78(84)85)70-37-42-22-32-88-33-23-42/h1-2,4-7,9-16,19,25,34-36,38,42-43,57,68,70H,3,8,17-18,20-24,26-33,37,39-41H2,(H,69,71)(H,73,81)(H,72,79,82). The van der Waals surface area contributed by atoms with Crippen molar-refractivity contribution in [1.29, 1.82) is 0 Å². The van der Waals surface area contributed by atoms with Gasteiger partial charge in [0.1, 0.15) is 34.6 Å². The number of halogens is 1. The van der Waals surface area contributed by atoms with Gasteiger partial charge < -0.3 is 44.5 Å². The lowest BCUT2D eigenvalue weighted by atomic mass is 9.96. The molecule has 0 aliphatic carbocycles. The minimum absolute atomic E-state index is 0.0691. The van der Waals surface area contributed by atoms with Crippen molar-refractivity contribution in [2.24, 2.45) is 11.8 Å². The summed E-state index contributed by atoms with van der Waals surface area (Å²) in [6, 6.07) is 30.7. The highest BCUT2D eigenvalue weighted by atomic mass is 35.5. The van der Waals surface area contributed by atoms with Crippen LogP contribution < -0.4 is 35.0 Å². The summed E-state index contributed by atoms with van der Waals surface area (Å²) in [5.74, 6) is -0.313. The zero-order valence-corrected chi connectivity index (χ0v) is 51.6. The molecule has 474 valence electrons. The molecule has 23 nitrogen and oxygen atoms in total. The molecule has 0 spiro atoms. The van der Waals surface area contributed by atoms with Crippen LogP contribution in [0.25, 0.3) is 22.2 Å². The second kappa shape index (κ2) is 27.6. The van der Waals surface area contributed by atoms with Crippen LogP contribution in [0, 0.1) is 22.0 Å². The van der Waals surface area contributed by atoms with E-state index in [4.69, 9.17) is 25.8 Å². The maximum atomic E-state index is 14.2. The number of amides is 5. The van der Waals surface area contributed by atoms with Gasteiger partial charge in [0.25, 0.3) is 27.5 Å². The Labute approximate surface area is 530 Å². The number of pyridine rings is 1. The minimum Gasteiger partial charge on any atom is -0.493 e. The van der Waals surface area contributed by atoms with E-state index in [1.807, 2.05) is 53.4 Å². The van der Waals surface area contributed by atoms with Crippen LogP contribution in [0.1, 0.15) is 83.2 Å². The van der Waals surface area contributed by atoms with E-state index in [1.54, 1.807) is 36.5 Å². The summed E-state index contributed by atoms with van der Waals surface area (Å²) < 4.78 is 48.5. The number of fused-ring (bicyclic) bond motifs is 2. The Hall–Kier alpha value is -9.10. The van der Waals surface area contributed by atoms with Crippen molar-refractivity contribution in [3.05, 3.63) is 159 Å². The van der Waals surface area contributed by atoms with Crippen molar-refractivity contribution in [1.82, 2.24) is 34.7 Å². The number of aromatic amines is 1. The Balaban J connectivity index is 0.671. The van der Waals surface area contributed by atoms with E-state index in [-0.39, 0.29) is 59.5 Å². The topological polar surface area (TPSA) is 280 Å². The number of carbonyl (C=O) groups is 5. The summed E-state index contributed by atoms with van der Waals surface area (Å²) in [6.45, 7) is 7.22. The predicted octanol–water partition coefficient (Wildman–Crippen LogP) is 9.13. The smallest absolute Gasteiger partial charge is 0.293 e. The summed E-state index contributed by atoms with van der Waals surface area (Å²) in [7, 11) is -4.63. The fourth-order valence-electron chi connectivity index (χ4n) is 12.6. The molecule has 0 radical (unpaired) electrons. The molecule has 5 aliphatic heterocycles. The van der Waals surface area contributed by atoms with E-state index in [2.05, 4.69) is 46.5 Å². The lowest BCUT2D eigenvalue weighted by Gasteiger charge is -2.37. The molecular formula is C66H70ClN11O12S. The number of anilines is 3. The normalized spacial score (nSPS) is 17.6. The van der Waals surface area contributed by atoms with Crippen molar-refractivity contribution < 1.29 is 51.5 Å². The van der Waals surface area contributed by atoms with Crippen LogP contribution in [-0.2, 0) is 42.2 Å². The Bertz CT molecular complexity index is 4010. The second-order valence-corrected chi connectivity index (χ2v) is 25.7. The summed E-state index contributed by atoms with van der Waals surface area (Å²) in [5, 5.41) is 22.5. The SMILES string of the molecule is O=C1CCC(N2Cc3c(NCCCC(=O)N4CCC(COc5cccc(-c6ccc(Cl)cc6)c5CN5CCN(c6ccc(C(=O)NS(=O)(=O)c7ccc(NCC8CCOCC8)c([N+](=O)[O-])c7)c(Oc7cnc8[nH]ccc8c7)c6)CC5)CC4)cccc3C2=O)C(=O)N1. The Kier molecular flexibility index (Phi) is 18.8. The van der Waals surface area contributed by atoms with Gasteiger partial charge in [0.15, 0.2) is 0 Å². The number of benzene rings is 5. The van der Waals surface area contributed by atoms with Crippen molar-refractivity contribution in [2.75, 3.05) is 87.7 Å². The molecule has 12 rings (SSSR count). The van der Waals surface area contributed by atoms with Gasteiger partial charge in [-0.2, -0.15) is 0 Å². The lowest BCUT2D eigenvalue weighted by molar-refractivity contribution is -0.384. The molecule has 5 aromatic carbocycles. The van der Waals surface area contributed by atoms with Gasteiger partial charge >= 0.3 is 0 Å². The van der Waals surface area contributed by atoms with Crippen LogP contribution in [-0.4, -0.2) is 146 Å². The Morgan fingerprint density at radius 3 is 2.37 bits per heavy atom. The highest BCUT2D eigenvalue weighted by Gasteiger charge is 2.40. The van der Waals surface area contributed by atoms with Crippen LogP contribution in [0.3, 0.4) is 0 Å². The van der Waals surface area contributed by atoms with Crippen molar-refractivity contribution in [3.63, 3.8) is 0 Å². The number of nitrogens with one attached hydrogen (secondary N) is 5. The number of nitrogens with zero attached hydrogens (tertiary/aromatic N) is 6. The summed E-state index contributed by atoms with van der Waals surface area (Å²) in [5.41, 5.74) is 6.15. The molecule has 5 amide bonds. The first-order chi connectivity index (χ1) is 44.1. The Morgan fingerprint density at radius 2 is 1.59 bits per heavy atom. The van der Waals surface area contributed by atoms with Gasteiger partial charge in [0.2, 0.25) is 17.7 Å². The number of sulfonamides is 1. The van der Waals surface area contributed by atoms with E-state index >= 15 is 0 Å². The molecule has 2 aromatic heterocycles. The molecule has 7 heterocycles. The number of ether oxygens (including phenoxy) is 3. The van der Waals surface area contributed by atoms with Crippen molar-refractivity contribution >= 4 is 84.9 Å². The van der Waals surface area contributed by atoms with Crippen LogP contribution in [0.2, 0.25) is 5.02 Å². The number of hydrogen-bond acceptors (Lipinski definition) is 17. The lowest BCUT2D eigenvalue weighted by Crippen LogP contribution is -2.52. The maximum absolute atomic E-state index is 14.2. The van der Waals surface area contributed by atoms with Gasteiger partial charge in [-0.15, -0.1) is 0 Å². The molecule has 7 aromatic rings. The quantitative estimate of drug-likeness (QED) is 0.0183. The van der Waals surface area contributed by atoms with Crippen LogP contribution in [0.15, 0.2) is 126 Å². The number of piperazine rings is 1. The van der Waals surface area contributed by atoms with Crippen LogP contribution in [0.4, 0.5) is 22.7 Å². The van der Waals surface area contributed by atoms with Gasteiger partial charge in [0.05, 0.1) is 28.2 Å². The maximum Gasteiger partial charge on any atom is 0.293 e. The van der Waals surface area contributed by atoms with Crippen molar-refractivity contribution in [2.45, 2.75) is 75.4 Å². The molecule has 91 heavy (non-hydrogen) atoms. The molecule has 25 heteroatoms. The summed E-state index contributed by atoms with van der Waals surface area (Å²) in [4.78, 5) is 92.0. The van der Waals surface area contributed by atoms with E-state index < -0.39 is 43.4 Å². The summed E-state index contributed by atoms with van der Waals surface area (Å²) >= 11 is 6.37. The molecule has 4 saturated heterocycles. The molecular weight excluding hydrogens is 1210 g/mol. The van der Waals surface area contributed by atoms with Gasteiger partial charge in [-0.25, -0.2) is 18.1 Å². The molecule has 5 N–H and O–H groups in total. The second-order valence-electron chi connectivity index (χ2n) is 23.6. The first-order valence-corrected chi connectivity index (χ1v) is 32.7. The average molecular weight is 1280 g/mol. The fourth-order valence-corrected chi connectivity index (χ4v) is 13.7. The number of nitro groups is 1. The number of H-pyrrole nitrogens is 1. The van der Waals surface area contributed by atoms with Gasteiger partial charge in [0, 0.05) is 148 Å². The first-order valence-electron chi connectivity index (χ1n) is 30.8. The number of likely N-dealkylation sites (tertiary alicyclic amines) is 1. The largest absolute Gasteiger partial charge is 0.493 e. The van der Waals surface area contributed by atoms with Gasteiger partial charge in [-0.3, -0.25) is 44.3 Å². The number of aromatic nitrogens is 2.